The number of aryl methyl sites for hydroxylation is 1. The highest BCUT2D eigenvalue weighted by molar-refractivity contribution is 6.31. The summed E-state index contributed by atoms with van der Waals surface area (Å²) < 4.78 is 10.0. The van der Waals surface area contributed by atoms with E-state index in [1.807, 2.05) is 6.92 Å². The molecule has 0 atom stereocenters. The number of amides is 1. The predicted molar refractivity (Wildman–Crippen MR) is 88.1 cm³/mol. The van der Waals surface area contributed by atoms with E-state index in [1.54, 1.807) is 42.5 Å². The van der Waals surface area contributed by atoms with E-state index in [0.29, 0.717) is 22.0 Å². The van der Waals surface area contributed by atoms with Crippen LogP contribution in [0, 0.1) is 6.92 Å². The third kappa shape index (κ3) is 4.72. The van der Waals surface area contributed by atoms with Crippen LogP contribution in [0.1, 0.15) is 15.9 Å². The average molecular weight is 334 g/mol. The number of nitrogens with one attached hydrogen (secondary N) is 1. The third-order valence-corrected chi connectivity index (χ3v) is 3.51. The lowest BCUT2D eigenvalue weighted by atomic mass is 10.2. The third-order valence-electron chi connectivity index (χ3n) is 3.08. The molecule has 1 amide bonds. The predicted octanol–water partition coefficient (Wildman–Crippen LogP) is 3.45. The lowest BCUT2D eigenvalue weighted by Crippen LogP contribution is -2.21. The number of carbonyl (C=O) groups is 2. The van der Waals surface area contributed by atoms with Crippen molar-refractivity contribution in [2.75, 3.05) is 19.0 Å². The van der Waals surface area contributed by atoms with Crippen LogP contribution in [0.4, 0.5) is 5.69 Å². The summed E-state index contributed by atoms with van der Waals surface area (Å²) in [5.74, 6) is -0.477. The molecule has 2 aromatic rings. The maximum atomic E-state index is 11.9. The van der Waals surface area contributed by atoms with Gasteiger partial charge in [-0.1, -0.05) is 17.7 Å². The van der Waals surface area contributed by atoms with Gasteiger partial charge in [-0.2, -0.15) is 0 Å². The Bertz CT molecular complexity index is 730. The van der Waals surface area contributed by atoms with Gasteiger partial charge in [0.05, 0.1) is 12.7 Å². The normalized spacial score (nSPS) is 10.0. The molecule has 2 aromatic carbocycles. The summed E-state index contributed by atoms with van der Waals surface area (Å²) in [6.07, 6.45) is 0. The van der Waals surface area contributed by atoms with Gasteiger partial charge >= 0.3 is 5.97 Å². The molecule has 2 rings (SSSR count). The van der Waals surface area contributed by atoms with E-state index >= 15 is 0 Å². The first kappa shape index (κ1) is 16.8. The van der Waals surface area contributed by atoms with Gasteiger partial charge in [0.25, 0.3) is 5.91 Å². The van der Waals surface area contributed by atoms with Gasteiger partial charge < -0.3 is 14.8 Å². The van der Waals surface area contributed by atoms with Gasteiger partial charge in [-0.05, 0) is 48.9 Å². The second-order valence-electron chi connectivity index (χ2n) is 4.82. The summed E-state index contributed by atoms with van der Waals surface area (Å²) in [7, 11) is 1.51. The van der Waals surface area contributed by atoms with Crippen LogP contribution < -0.4 is 10.1 Å². The minimum atomic E-state index is -0.591. The number of hydrogen-bond acceptors (Lipinski definition) is 4. The van der Waals surface area contributed by atoms with Gasteiger partial charge in [-0.3, -0.25) is 4.79 Å². The highest BCUT2D eigenvalue weighted by atomic mass is 35.5. The van der Waals surface area contributed by atoms with Crippen molar-refractivity contribution in [3.8, 4) is 5.75 Å². The van der Waals surface area contributed by atoms with Crippen molar-refractivity contribution in [2.45, 2.75) is 6.92 Å². The van der Waals surface area contributed by atoms with Crippen molar-refractivity contribution in [1.29, 1.82) is 0 Å². The van der Waals surface area contributed by atoms with Crippen molar-refractivity contribution in [3.05, 3.63) is 58.6 Å². The molecule has 0 heterocycles. The SMILES string of the molecule is COc1cccc(C(=O)OCC(=O)Nc2ccc(Cl)c(C)c2)c1. The van der Waals surface area contributed by atoms with Gasteiger partial charge in [-0.25, -0.2) is 4.79 Å². The maximum Gasteiger partial charge on any atom is 0.338 e. The lowest BCUT2D eigenvalue weighted by molar-refractivity contribution is -0.119. The minimum absolute atomic E-state index is 0.319. The molecule has 1 N–H and O–H groups in total. The summed E-state index contributed by atoms with van der Waals surface area (Å²) >= 11 is 5.92. The molecular formula is C17H16ClNO4. The van der Waals surface area contributed by atoms with E-state index in [2.05, 4.69) is 5.32 Å². The van der Waals surface area contributed by atoms with E-state index in [4.69, 9.17) is 21.1 Å². The molecule has 5 nitrogen and oxygen atoms in total. The molecule has 0 aliphatic carbocycles. The minimum Gasteiger partial charge on any atom is -0.497 e. The number of halogens is 1. The highest BCUT2D eigenvalue weighted by Crippen LogP contribution is 2.19. The van der Waals surface area contributed by atoms with Crippen LogP contribution >= 0.6 is 11.6 Å². The lowest BCUT2D eigenvalue weighted by Gasteiger charge is -2.08. The van der Waals surface area contributed by atoms with Crippen LogP contribution in [0.3, 0.4) is 0 Å². The summed E-state index contributed by atoms with van der Waals surface area (Å²) in [4.78, 5) is 23.7. The fourth-order valence-electron chi connectivity index (χ4n) is 1.88. The summed E-state index contributed by atoms with van der Waals surface area (Å²) in [6.45, 7) is 1.46. The van der Waals surface area contributed by atoms with Crippen molar-refractivity contribution >= 4 is 29.2 Å². The summed E-state index contributed by atoms with van der Waals surface area (Å²) in [5, 5.41) is 3.26. The zero-order valence-corrected chi connectivity index (χ0v) is 13.5. The summed E-state index contributed by atoms with van der Waals surface area (Å²) in [5.41, 5.74) is 1.76. The number of methoxy groups -OCH3 is 1. The van der Waals surface area contributed by atoms with Gasteiger partial charge in [0.1, 0.15) is 5.75 Å². The van der Waals surface area contributed by atoms with Crippen molar-refractivity contribution in [3.63, 3.8) is 0 Å². The number of rotatable bonds is 5. The Balaban J connectivity index is 1.90. The Kier molecular flexibility index (Phi) is 5.60. The molecule has 0 saturated carbocycles. The molecule has 120 valence electrons. The largest absolute Gasteiger partial charge is 0.497 e. The smallest absolute Gasteiger partial charge is 0.338 e. The number of hydrogen-bond donors (Lipinski definition) is 1. The first-order valence-corrected chi connectivity index (χ1v) is 7.24. The monoisotopic (exact) mass is 333 g/mol. The first-order valence-electron chi connectivity index (χ1n) is 6.87. The topological polar surface area (TPSA) is 64.6 Å². The molecule has 0 saturated heterocycles. The molecule has 0 aliphatic rings. The quantitative estimate of drug-likeness (QED) is 0.851. The molecule has 0 aliphatic heterocycles. The highest BCUT2D eigenvalue weighted by Gasteiger charge is 2.11. The standard InChI is InChI=1S/C17H16ClNO4/c1-11-8-13(6-7-15(11)18)19-16(20)10-23-17(21)12-4-3-5-14(9-12)22-2/h3-9H,10H2,1-2H3,(H,19,20). The molecule has 6 heteroatoms. The summed E-state index contributed by atoms with van der Waals surface area (Å²) in [6, 6.07) is 11.6. The first-order chi connectivity index (χ1) is 11.0. The molecule has 0 spiro atoms. The van der Waals surface area contributed by atoms with E-state index < -0.39 is 11.9 Å². The number of ether oxygens (including phenoxy) is 2. The maximum absolute atomic E-state index is 11.9. The number of esters is 1. The molecular weight excluding hydrogens is 318 g/mol. The molecule has 0 fully saturated rings. The molecule has 0 unspecified atom stereocenters. The molecule has 0 bridgehead atoms. The van der Waals surface area contributed by atoms with E-state index in [9.17, 15) is 9.59 Å². The second kappa shape index (κ2) is 7.65. The van der Waals surface area contributed by atoms with Crippen LogP contribution in [0.25, 0.3) is 0 Å². The number of anilines is 1. The van der Waals surface area contributed by atoms with Crippen LogP contribution in [-0.4, -0.2) is 25.6 Å². The van der Waals surface area contributed by atoms with E-state index in [1.165, 1.54) is 7.11 Å². The van der Waals surface area contributed by atoms with Gasteiger partial charge in [-0.15, -0.1) is 0 Å². The Morgan fingerprint density at radius 1 is 1.17 bits per heavy atom. The zero-order chi connectivity index (χ0) is 16.8. The Morgan fingerprint density at radius 3 is 2.65 bits per heavy atom. The van der Waals surface area contributed by atoms with Crippen LogP contribution in [0.2, 0.25) is 5.02 Å². The van der Waals surface area contributed by atoms with Crippen LogP contribution in [0.15, 0.2) is 42.5 Å². The Morgan fingerprint density at radius 2 is 1.96 bits per heavy atom. The Hall–Kier alpha value is -2.53. The molecule has 0 aromatic heterocycles. The van der Waals surface area contributed by atoms with Gasteiger partial charge in [0.15, 0.2) is 6.61 Å². The zero-order valence-electron chi connectivity index (χ0n) is 12.8. The van der Waals surface area contributed by atoms with Crippen molar-refractivity contribution < 1.29 is 19.1 Å². The molecule has 0 radical (unpaired) electrons. The average Bonchev–Trinajstić information content (AvgIpc) is 2.56. The second-order valence-corrected chi connectivity index (χ2v) is 5.23. The van der Waals surface area contributed by atoms with Gasteiger partial charge in [0, 0.05) is 10.7 Å². The number of carbonyl (C=O) groups excluding carboxylic acids is 2. The molecule has 23 heavy (non-hydrogen) atoms. The fraction of sp³-hybridized carbons (Fsp3) is 0.176. The van der Waals surface area contributed by atoms with Crippen molar-refractivity contribution in [2.24, 2.45) is 0 Å². The van der Waals surface area contributed by atoms with Crippen molar-refractivity contribution in [1.82, 2.24) is 0 Å². The van der Waals surface area contributed by atoms with Gasteiger partial charge in [0.2, 0.25) is 0 Å². The van der Waals surface area contributed by atoms with E-state index in [0.717, 1.165) is 5.56 Å². The Labute approximate surface area is 139 Å². The van der Waals surface area contributed by atoms with Crippen LogP contribution in [-0.2, 0) is 9.53 Å². The fourth-order valence-corrected chi connectivity index (χ4v) is 2.00. The van der Waals surface area contributed by atoms with Crippen LogP contribution in [0.5, 0.6) is 5.75 Å². The number of benzene rings is 2. The van der Waals surface area contributed by atoms with E-state index in [-0.39, 0.29) is 6.61 Å².